The molecule has 0 N–H and O–H groups in total. The van der Waals surface area contributed by atoms with Gasteiger partial charge in [0.15, 0.2) is 0 Å². The minimum absolute atomic E-state index is 0.975. The summed E-state index contributed by atoms with van der Waals surface area (Å²) in [6.07, 6.45) is 1.96. The maximum absolute atomic E-state index is 4.69. The summed E-state index contributed by atoms with van der Waals surface area (Å²) >= 11 is 0. The molecule has 0 amide bonds. The standard InChI is InChI=1S/C25H20N2/c1-2-8-22-18-27(17-21(22)7-1)24-14-12-23(13-15-24)26-16-20-10-5-9-19-6-3-4-11-25(19)20/h1-16H,17-18H2. The van der Waals surface area contributed by atoms with Gasteiger partial charge in [0.1, 0.15) is 0 Å². The van der Waals surface area contributed by atoms with Crippen molar-refractivity contribution in [1.29, 1.82) is 0 Å². The fraction of sp³-hybridized carbons (Fsp3) is 0.0800. The second kappa shape index (κ2) is 6.73. The molecule has 0 aliphatic carbocycles. The number of hydrogen-bond acceptors (Lipinski definition) is 2. The zero-order chi connectivity index (χ0) is 18.1. The Labute approximate surface area is 159 Å². The molecule has 0 aromatic heterocycles. The van der Waals surface area contributed by atoms with Gasteiger partial charge in [-0.1, -0.05) is 66.7 Å². The fourth-order valence-corrected chi connectivity index (χ4v) is 3.77. The topological polar surface area (TPSA) is 15.6 Å². The Morgan fingerprint density at radius 2 is 1.33 bits per heavy atom. The van der Waals surface area contributed by atoms with Crippen molar-refractivity contribution in [3.8, 4) is 0 Å². The summed E-state index contributed by atoms with van der Waals surface area (Å²) in [6, 6.07) is 32.0. The van der Waals surface area contributed by atoms with Crippen LogP contribution in [0.1, 0.15) is 16.7 Å². The number of anilines is 1. The molecule has 2 nitrogen and oxygen atoms in total. The maximum Gasteiger partial charge on any atom is 0.0631 e. The Bertz CT molecular complexity index is 1100. The second-order valence-corrected chi connectivity index (χ2v) is 6.97. The van der Waals surface area contributed by atoms with Gasteiger partial charge in [0, 0.05) is 30.6 Å². The van der Waals surface area contributed by atoms with E-state index in [-0.39, 0.29) is 0 Å². The van der Waals surface area contributed by atoms with Crippen LogP contribution in [-0.4, -0.2) is 6.21 Å². The molecule has 0 radical (unpaired) electrons. The smallest absolute Gasteiger partial charge is 0.0631 e. The number of hydrogen-bond donors (Lipinski definition) is 0. The molecular formula is C25H20N2. The zero-order valence-electron chi connectivity index (χ0n) is 15.0. The molecule has 130 valence electrons. The van der Waals surface area contributed by atoms with E-state index in [4.69, 9.17) is 4.99 Å². The van der Waals surface area contributed by atoms with E-state index in [1.54, 1.807) is 0 Å². The van der Waals surface area contributed by atoms with Crippen LogP contribution in [0.2, 0.25) is 0 Å². The Morgan fingerprint density at radius 3 is 2.11 bits per heavy atom. The highest BCUT2D eigenvalue weighted by atomic mass is 15.1. The van der Waals surface area contributed by atoms with Gasteiger partial charge in [-0.2, -0.15) is 0 Å². The molecule has 4 aromatic rings. The maximum atomic E-state index is 4.69. The van der Waals surface area contributed by atoms with Crippen molar-refractivity contribution < 1.29 is 0 Å². The van der Waals surface area contributed by atoms with Crippen LogP contribution in [0.3, 0.4) is 0 Å². The summed E-state index contributed by atoms with van der Waals surface area (Å²) in [5, 5.41) is 2.47. The predicted octanol–water partition coefficient (Wildman–Crippen LogP) is 6.11. The first-order chi connectivity index (χ1) is 13.4. The molecule has 1 heterocycles. The highest BCUT2D eigenvalue weighted by molar-refractivity contribution is 6.00. The summed E-state index contributed by atoms with van der Waals surface area (Å²) in [6.45, 7) is 1.96. The van der Waals surface area contributed by atoms with Crippen LogP contribution in [0, 0.1) is 0 Å². The fourth-order valence-electron chi connectivity index (χ4n) is 3.77. The molecule has 4 aromatic carbocycles. The third-order valence-corrected chi connectivity index (χ3v) is 5.23. The summed E-state index contributed by atoms with van der Waals surface area (Å²) < 4.78 is 0. The molecule has 5 rings (SSSR count). The van der Waals surface area contributed by atoms with Crippen molar-refractivity contribution in [3.63, 3.8) is 0 Å². The Balaban J connectivity index is 1.36. The lowest BCUT2D eigenvalue weighted by atomic mass is 10.1. The first kappa shape index (κ1) is 15.8. The normalized spacial score (nSPS) is 13.4. The van der Waals surface area contributed by atoms with Crippen molar-refractivity contribution in [2.45, 2.75) is 13.1 Å². The lowest BCUT2D eigenvalue weighted by Crippen LogP contribution is -2.13. The van der Waals surface area contributed by atoms with E-state index in [1.165, 1.54) is 27.6 Å². The first-order valence-corrected chi connectivity index (χ1v) is 9.30. The van der Waals surface area contributed by atoms with Crippen molar-refractivity contribution >= 4 is 28.4 Å². The van der Waals surface area contributed by atoms with Gasteiger partial charge >= 0.3 is 0 Å². The molecule has 0 bridgehead atoms. The summed E-state index contributed by atoms with van der Waals surface area (Å²) in [4.78, 5) is 7.10. The van der Waals surface area contributed by atoms with Gasteiger partial charge in [0.25, 0.3) is 0 Å². The van der Waals surface area contributed by atoms with Gasteiger partial charge in [-0.15, -0.1) is 0 Å². The average molecular weight is 348 g/mol. The van der Waals surface area contributed by atoms with E-state index in [2.05, 4.69) is 95.9 Å². The highest BCUT2D eigenvalue weighted by Gasteiger charge is 2.18. The van der Waals surface area contributed by atoms with Gasteiger partial charge in [-0.05, 0) is 46.2 Å². The molecule has 0 fully saturated rings. The van der Waals surface area contributed by atoms with Crippen LogP contribution in [0.15, 0.2) is 96.0 Å². The van der Waals surface area contributed by atoms with Gasteiger partial charge in [0.2, 0.25) is 0 Å². The number of aliphatic imine (C=N–C) groups is 1. The number of fused-ring (bicyclic) bond motifs is 2. The van der Waals surface area contributed by atoms with E-state index < -0.39 is 0 Å². The SMILES string of the molecule is C(=Nc1ccc(N2Cc3ccccc3C2)cc1)c1cccc2ccccc12. The van der Waals surface area contributed by atoms with Crippen LogP contribution in [0.5, 0.6) is 0 Å². The predicted molar refractivity (Wildman–Crippen MR) is 114 cm³/mol. The van der Waals surface area contributed by atoms with Crippen LogP contribution < -0.4 is 4.90 Å². The zero-order valence-corrected chi connectivity index (χ0v) is 15.0. The second-order valence-electron chi connectivity index (χ2n) is 6.97. The molecule has 2 heteroatoms. The largest absolute Gasteiger partial charge is 0.363 e. The van der Waals surface area contributed by atoms with Crippen LogP contribution in [-0.2, 0) is 13.1 Å². The van der Waals surface area contributed by atoms with E-state index in [9.17, 15) is 0 Å². The molecule has 0 atom stereocenters. The van der Waals surface area contributed by atoms with Gasteiger partial charge in [0.05, 0.1) is 5.69 Å². The molecule has 1 aliphatic heterocycles. The molecule has 0 saturated carbocycles. The number of nitrogens with zero attached hydrogens (tertiary/aromatic N) is 2. The Kier molecular flexibility index (Phi) is 3.95. The minimum atomic E-state index is 0.975. The minimum Gasteiger partial charge on any atom is -0.363 e. The third kappa shape index (κ3) is 3.11. The van der Waals surface area contributed by atoms with Crippen LogP contribution in [0.4, 0.5) is 11.4 Å². The quantitative estimate of drug-likeness (QED) is 0.408. The van der Waals surface area contributed by atoms with E-state index in [0.717, 1.165) is 24.3 Å². The van der Waals surface area contributed by atoms with Gasteiger partial charge < -0.3 is 4.90 Å². The van der Waals surface area contributed by atoms with Crippen LogP contribution >= 0.6 is 0 Å². The van der Waals surface area contributed by atoms with E-state index in [1.807, 2.05) is 6.21 Å². The molecule has 27 heavy (non-hydrogen) atoms. The molecular weight excluding hydrogens is 328 g/mol. The van der Waals surface area contributed by atoms with Crippen molar-refractivity contribution in [2.24, 2.45) is 4.99 Å². The highest BCUT2D eigenvalue weighted by Crippen LogP contribution is 2.29. The number of benzene rings is 4. The molecule has 0 unspecified atom stereocenters. The third-order valence-electron chi connectivity index (χ3n) is 5.23. The van der Waals surface area contributed by atoms with E-state index in [0.29, 0.717) is 0 Å². The van der Waals surface area contributed by atoms with Gasteiger partial charge in [-0.25, -0.2) is 0 Å². The number of rotatable bonds is 3. The average Bonchev–Trinajstić information content (AvgIpc) is 3.17. The van der Waals surface area contributed by atoms with Crippen molar-refractivity contribution in [1.82, 2.24) is 0 Å². The monoisotopic (exact) mass is 348 g/mol. The van der Waals surface area contributed by atoms with Crippen molar-refractivity contribution in [2.75, 3.05) is 4.90 Å². The lowest BCUT2D eigenvalue weighted by molar-refractivity contribution is 0.880. The molecule has 0 spiro atoms. The molecule has 1 aliphatic rings. The Morgan fingerprint density at radius 1 is 0.667 bits per heavy atom. The Hall–Kier alpha value is -3.39. The lowest BCUT2D eigenvalue weighted by Gasteiger charge is -2.17. The van der Waals surface area contributed by atoms with Crippen molar-refractivity contribution in [3.05, 3.63) is 108 Å². The van der Waals surface area contributed by atoms with Crippen LogP contribution in [0.25, 0.3) is 10.8 Å². The van der Waals surface area contributed by atoms with Gasteiger partial charge in [-0.3, -0.25) is 4.99 Å². The summed E-state index contributed by atoms with van der Waals surface area (Å²) in [5.74, 6) is 0. The summed E-state index contributed by atoms with van der Waals surface area (Å²) in [5.41, 5.74) is 6.22. The molecule has 0 saturated heterocycles. The first-order valence-electron chi connectivity index (χ1n) is 9.30. The summed E-state index contributed by atoms with van der Waals surface area (Å²) in [7, 11) is 0. The van der Waals surface area contributed by atoms with E-state index >= 15 is 0 Å².